The molecule has 15 heavy (non-hydrogen) atoms. The van der Waals surface area contributed by atoms with Crippen molar-refractivity contribution in [1.29, 1.82) is 5.26 Å². The smallest absolute Gasteiger partial charge is 0.126 e. The van der Waals surface area contributed by atoms with Crippen LogP contribution in [0.3, 0.4) is 0 Å². The average Bonchev–Trinajstić information content (AvgIpc) is 2.78. The van der Waals surface area contributed by atoms with Crippen molar-refractivity contribution in [1.82, 2.24) is 4.98 Å². The van der Waals surface area contributed by atoms with Crippen LogP contribution in [0, 0.1) is 11.3 Å². The highest BCUT2D eigenvalue weighted by atomic mass is 32.1. The van der Waals surface area contributed by atoms with Gasteiger partial charge in [-0.3, -0.25) is 0 Å². The maximum Gasteiger partial charge on any atom is 0.126 e. The summed E-state index contributed by atoms with van der Waals surface area (Å²) in [5.41, 5.74) is 0.897. The predicted molar refractivity (Wildman–Crippen MR) is 61.8 cm³/mol. The Morgan fingerprint density at radius 2 is 2.20 bits per heavy atom. The molecule has 4 heteroatoms. The second-order valence-electron chi connectivity index (χ2n) is 2.93. The van der Waals surface area contributed by atoms with E-state index in [2.05, 4.69) is 16.4 Å². The molecule has 0 bridgehead atoms. The van der Waals surface area contributed by atoms with Gasteiger partial charge in [0.05, 0.1) is 10.6 Å². The van der Waals surface area contributed by atoms with E-state index in [1.54, 1.807) is 0 Å². The fourth-order valence-electron chi connectivity index (χ4n) is 1.25. The summed E-state index contributed by atoms with van der Waals surface area (Å²) in [5.74, 6) is 0.833. The number of anilines is 1. The molecular weight excluding hydrogens is 206 g/mol. The normalized spacial score (nSPS) is 9.60. The summed E-state index contributed by atoms with van der Waals surface area (Å²) < 4.78 is 0. The van der Waals surface area contributed by atoms with E-state index in [0.717, 1.165) is 16.4 Å². The monoisotopic (exact) mass is 215 g/mol. The van der Waals surface area contributed by atoms with E-state index >= 15 is 0 Å². The molecule has 0 saturated carbocycles. The Morgan fingerprint density at radius 1 is 1.33 bits per heavy atom. The molecule has 74 valence electrons. The van der Waals surface area contributed by atoms with Gasteiger partial charge < -0.3 is 5.32 Å². The third kappa shape index (κ3) is 1.97. The number of nitrogens with one attached hydrogen (secondary N) is 1. The lowest BCUT2D eigenvalue weighted by molar-refractivity contribution is 1.30. The second-order valence-corrected chi connectivity index (χ2v) is 4.02. The number of thiophene rings is 1. The van der Waals surface area contributed by atoms with Crippen LogP contribution in [-0.4, -0.2) is 12.0 Å². The van der Waals surface area contributed by atoms with Gasteiger partial charge in [0.15, 0.2) is 0 Å². The number of nitriles is 1. The molecule has 2 heterocycles. The number of hydrogen-bond acceptors (Lipinski definition) is 4. The summed E-state index contributed by atoms with van der Waals surface area (Å²) in [6, 6.07) is 11.6. The highest BCUT2D eigenvalue weighted by Gasteiger charge is 2.03. The van der Waals surface area contributed by atoms with Gasteiger partial charge in [0.25, 0.3) is 0 Å². The van der Waals surface area contributed by atoms with E-state index in [9.17, 15) is 0 Å². The van der Waals surface area contributed by atoms with Crippen LogP contribution in [0.1, 0.15) is 4.88 Å². The Balaban J connectivity index is 2.41. The van der Waals surface area contributed by atoms with Gasteiger partial charge in [0.1, 0.15) is 16.8 Å². The lowest BCUT2D eigenvalue weighted by Crippen LogP contribution is -1.91. The molecule has 0 aliphatic heterocycles. The minimum Gasteiger partial charge on any atom is -0.373 e. The molecule has 0 fully saturated rings. The number of rotatable bonds is 2. The molecule has 0 saturated heterocycles. The predicted octanol–water partition coefficient (Wildman–Crippen LogP) is 2.72. The molecule has 2 rings (SSSR count). The lowest BCUT2D eigenvalue weighted by atomic mass is 10.3. The average molecular weight is 215 g/mol. The van der Waals surface area contributed by atoms with Crippen LogP contribution >= 0.6 is 11.3 Å². The fraction of sp³-hybridized carbons (Fsp3) is 0.0909. The van der Waals surface area contributed by atoms with Crippen molar-refractivity contribution in [2.45, 2.75) is 0 Å². The van der Waals surface area contributed by atoms with Crippen molar-refractivity contribution in [2.75, 3.05) is 12.4 Å². The highest BCUT2D eigenvalue weighted by Crippen LogP contribution is 2.26. The zero-order chi connectivity index (χ0) is 10.7. The molecule has 0 atom stereocenters. The van der Waals surface area contributed by atoms with Crippen LogP contribution in [0.2, 0.25) is 0 Å². The van der Waals surface area contributed by atoms with Crippen molar-refractivity contribution >= 4 is 17.2 Å². The Morgan fingerprint density at radius 3 is 2.87 bits per heavy atom. The second kappa shape index (κ2) is 4.11. The first kappa shape index (κ1) is 9.69. The topological polar surface area (TPSA) is 48.7 Å². The van der Waals surface area contributed by atoms with Gasteiger partial charge >= 0.3 is 0 Å². The van der Waals surface area contributed by atoms with Crippen LogP contribution in [0.5, 0.6) is 0 Å². The van der Waals surface area contributed by atoms with Gasteiger partial charge in [-0.25, -0.2) is 4.98 Å². The van der Waals surface area contributed by atoms with Gasteiger partial charge in [0.2, 0.25) is 0 Å². The van der Waals surface area contributed by atoms with Crippen LogP contribution in [-0.2, 0) is 0 Å². The lowest BCUT2D eigenvalue weighted by Gasteiger charge is -2.00. The highest BCUT2D eigenvalue weighted by molar-refractivity contribution is 7.15. The summed E-state index contributed by atoms with van der Waals surface area (Å²) >= 11 is 1.45. The van der Waals surface area contributed by atoms with E-state index in [0.29, 0.717) is 4.88 Å². The standard InChI is InChI=1S/C11H9N3S/c1-13-11-4-2-3-9(14-11)10-6-5-8(7-12)15-10/h2-6H,1H3,(H,13,14). The summed E-state index contributed by atoms with van der Waals surface area (Å²) in [6.07, 6.45) is 0. The van der Waals surface area contributed by atoms with E-state index in [1.165, 1.54) is 11.3 Å². The van der Waals surface area contributed by atoms with Crippen molar-refractivity contribution in [3.63, 3.8) is 0 Å². The minimum atomic E-state index is 0.710. The zero-order valence-electron chi connectivity index (χ0n) is 8.19. The summed E-state index contributed by atoms with van der Waals surface area (Å²) in [6.45, 7) is 0. The minimum absolute atomic E-state index is 0.710. The molecule has 0 radical (unpaired) electrons. The molecule has 0 aliphatic rings. The first-order valence-electron chi connectivity index (χ1n) is 4.48. The van der Waals surface area contributed by atoms with Crippen LogP contribution in [0.25, 0.3) is 10.6 Å². The van der Waals surface area contributed by atoms with Gasteiger partial charge in [-0.05, 0) is 24.3 Å². The number of pyridine rings is 1. The van der Waals surface area contributed by atoms with E-state index < -0.39 is 0 Å². The van der Waals surface area contributed by atoms with Crippen molar-refractivity contribution < 1.29 is 0 Å². The Bertz CT molecular complexity index is 511. The maximum atomic E-state index is 8.73. The molecular formula is C11H9N3S. The summed E-state index contributed by atoms with van der Waals surface area (Å²) in [4.78, 5) is 6.13. The fourth-order valence-corrected chi connectivity index (χ4v) is 2.02. The molecule has 2 aromatic heterocycles. The Labute approximate surface area is 92.0 Å². The molecule has 2 aromatic rings. The third-order valence-corrected chi connectivity index (χ3v) is 2.99. The van der Waals surface area contributed by atoms with Crippen LogP contribution in [0.15, 0.2) is 30.3 Å². The molecule has 0 aliphatic carbocycles. The van der Waals surface area contributed by atoms with Crippen LogP contribution in [0.4, 0.5) is 5.82 Å². The first-order valence-corrected chi connectivity index (χ1v) is 5.30. The van der Waals surface area contributed by atoms with Gasteiger partial charge in [0, 0.05) is 7.05 Å². The quantitative estimate of drug-likeness (QED) is 0.838. The SMILES string of the molecule is CNc1cccc(-c2ccc(C#N)s2)n1. The van der Waals surface area contributed by atoms with Crippen molar-refractivity contribution in [2.24, 2.45) is 0 Å². The van der Waals surface area contributed by atoms with Gasteiger partial charge in [-0.1, -0.05) is 6.07 Å². The molecule has 0 unspecified atom stereocenters. The van der Waals surface area contributed by atoms with Crippen LogP contribution < -0.4 is 5.32 Å². The first-order chi connectivity index (χ1) is 7.33. The molecule has 1 N–H and O–H groups in total. The molecule has 0 aromatic carbocycles. The molecule has 3 nitrogen and oxygen atoms in total. The summed E-state index contributed by atoms with van der Waals surface area (Å²) in [5, 5.41) is 11.7. The van der Waals surface area contributed by atoms with E-state index in [4.69, 9.17) is 5.26 Å². The molecule has 0 amide bonds. The van der Waals surface area contributed by atoms with Gasteiger partial charge in [-0.2, -0.15) is 5.26 Å². The van der Waals surface area contributed by atoms with E-state index in [-0.39, 0.29) is 0 Å². The van der Waals surface area contributed by atoms with Gasteiger partial charge in [-0.15, -0.1) is 11.3 Å². The number of nitrogens with zero attached hydrogens (tertiary/aromatic N) is 2. The number of aromatic nitrogens is 1. The third-order valence-electron chi connectivity index (χ3n) is 1.97. The largest absolute Gasteiger partial charge is 0.373 e. The van der Waals surface area contributed by atoms with Crippen molar-refractivity contribution in [3.05, 3.63) is 35.2 Å². The summed E-state index contributed by atoms with van der Waals surface area (Å²) in [7, 11) is 1.83. The number of hydrogen-bond donors (Lipinski definition) is 1. The Hall–Kier alpha value is -1.86. The zero-order valence-corrected chi connectivity index (χ0v) is 9.01. The van der Waals surface area contributed by atoms with Crippen molar-refractivity contribution in [3.8, 4) is 16.6 Å². The Kier molecular flexibility index (Phi) is 2.66. The van der Waals surface area contributed by atoms with E-state index in [1.807, 2.05) is 37.4 Å². The maximum absolute atomic E-state index is 8.73. The molecule has 0 spiro atoms.